The summed E-state index contributed by atoms with van der Waals surface area (Å²) in [6, 6.07) is 10.1. The maximum atomic E-state index is 11.4. The van der Waals surface area contributed by atoms with Crippen molar-refractivity contribution in [1.29, 1.82) is 0 Å². The summed E-state index contributed by atoms with van der Waals surface area (Å²) in [5.41, 5.74) is 1.22. The molecular formula is C16H19NO3. The van der Waals surface area contributed by atoms with Gasteiger partial charge in [-0.05, 0) is 23.8 Å². The molecule has 0 radical (unpaired) electrons. The van der Waals surface area contributed by atoms with Gasteiger partial charge in [-0.2, -0.15) is 0 Å². The van der Waals surface area contributed by atoms with Gasteiger partial charge in [0.25, 0.3) is 0 Å². The van der Waals surface area contributed by atoms with Gasteiger partial charge in [-0.1, -0.05) is 44.2 Å². The molecule has 4 heteroatoms. The molecule has 1 N–H and O–H groups in total. The van der Waals surface area contributed by atoms with Gasteiger partial charge >= 0.3 is 5.97 Å². The molecule has 0 saturated heterocycles. The molecule has 0 spiro atoms. The minimum atomic E-state index is -0.889. The number of rotatable bonds is 6. The number of carbonyl (C=O) groups is 1. The van der Waals surface area contributed by atoms with Crippen molar-refractivity contribution in [2.45, 2.75) is 32.1 Å². The molecule has 0 saturated carbocycles. The summed E-state index contributed by atoms with van der Waals surface area (Å²) in [5, 5.41) is 9.35. The molecule has 1 aromatic carbocycles. The molecule has 4 nitrogen and oxygen atoms in total. The van der Waals surface area contributed by atoms with Gasteiger partial charge in [0.05, 0.1) is 6.20 Å². The first kappa shape index (κ1) is 14.3. The summed E-state index contributed by atoms with van der Waals surface area (Å²) >= 11 is 0. The van der Waals surface area contributed by atoms with E-state index in [-0.39, 0.29) is 17.7 Å². The van der Waals surface area contributed by atoms with Crippen molar-refractivity contribution in [2.24, 2.45) is 5.92 Å². The van der Waals surface area contributed by atoms with E-state index in [1.807, 2.05) is 18.2 Å². The largest absolute Gasteiger partial charge is 0.481 e. The summed E-state index contributed by atoms with van der Waals surface area (Å²) in [5.74, 6) is -0.797. The second-order valence-corrected chi connectivity index (χ2v) is 5.17. The third-order valence-electron chi connectivity index (χ3n) is 3.83. The zero-order valence-corrected chi connectivity index (χ0v) is 11.7. The smallest absolute Gasteiger partial charge is 0.315 e. The maximum absolute atomic E-state index is 11.4. The lowest BCUT2D eigenvalue weighted by Gasteiger charge is -2.22. The van der Waals surface area contributed by atoms with E-state index < -0.39 is 11.9 Å². The number of oxazole rings is 1. The molecule has 3 atom stereocenters. The number of carboxylic acids is 1. The summed E-state index contributed by atoms with van der Waals surface area (Å²) in [7, 11) is 0. The summed E-state index contributed by atoms with van der Waals surface area (Å²) in [4.78, 5) is 15.4. The fourth-order valence-corrected chi connectivity index (χ4v) is 2.37. The molecule has 20 heavy (non-hydrogen) atoms. The molecular weight excluding hydrogens is 254 g/mol. The lowest BCUT2D eigenvalue weighted by molar-refractivity contribution is -0.139. The third-order valence-corrected chi connectivity index (χ3v) is 3.83. The quantitative estimate of drug-likeness (QED) is 0.872. The number of benzene rings is 1. The number of hydrogen-bond donors (Lipinski definition) is 1. The Hall–Kier alpha value is -2.10. The minimum Gasteiger partial charge on any atom is -0.481 e. The van der Waals surface area contributed by atoms with Crippen LogP contribution in [0.25, 0.3) is 0 Å². The number of carboxylic acid groups (broad SMARTS) is 1. The Morgan fingerprint density at radius 2 is 2.00 bits per heavy atom. The SMILES string of the molecule is CC(CC(C(=O)O)c1ncco1)C(C)c1ccccc1. The van der Waals surface area contributed by atoms with E-state index in [0.717, 1.165) is 0 Å². The van der Waals surface area contributed by atoms with Crippen LogP contribution in [0, 0.1) is 5.92 Å². The highest BCUT2D eigenvalue weighted by molar-refractivity contribution is 5.74. The average Bonchev–Trinajstić information content (AvgIpc) is 2.98. The predicted molar refractivity (Wildman–Crippen MR) is 75.5 cm³/mol. The Labute approximate surface area is 118 Å². The fourth-order valence-electron chi connectivity index (χ4n) is 2.37. The van der Waals surface area contributed by atoms with E-state index in [9.17, 15) is 9.90 Å². The summed E-state index contributed by atoms with van der Waals surface area (Å²) in [6.45, 7) is 4.19. The van der Waals surface area contributed by atoms with Crippen molar-refractivity contribution in [2.75, 3.05) is 0 Å². The maximum Gasteiger partial charge on any atom is 0.315 e. The van der Waals surface area contributed by atoms with Gasteiger partial charge in [0.2, 0.25) is 5.89 Å². The molecule has 0 aliphatic rings. The van der Waals surface area contributed by atoms with Crippen LogP contribution in [0.4, 0.5) is 0 Å². The van der Waals surface area contributed by atoms with Crippen LogP contribution in [0.1, 0.15) is 43.6 Å². The van der Waals surface area contributed by atoms with Gasteiger partial charge in [-0.15, -0.1) is 0 Å². The van der Waals surface area contributed by atoms with Gasteiger partial charge < -0.3 is 9.52 Å². The molecule has 0 aliphatic heterocycles. The number of nitrogens with zero attached hydrogens (tertiary/aromatic N) is 1. The van der Waals surface area contributed by atoms with Crippen molar-refractivity contribution < 1.29 is 14.3 Å². The molecule has 0 fully saturated rings. The van der Waals surface area contributed by atoms with Gasteiger partial charge in [0, 0.05) is 0 Å². The predicted octanol–water partition coefficient (Wildman–Crippen LogP) is 3.67. The van der Waals surface area contributed by atoms with E-state index >= 15 is 0 Å². The first-order chi connectivity index (χ1) is 9.59. The molecule has 3 unspecified atom stereocenters. The van der Waals surface area contributed by atoms with Crippen molar-refractivity contribution in [3.8, 4) is 0 Å². The van der Waals surface area contributed by atoms with Crippen LogP contribution in [0.15, 0.2) is 47.2 Å². The Kier molecular flexibility index (Phi) is 4.56. The normalized spacial score (nSPS) is 15.5. The fraction of sp³-hybridized carbons (Fsp3) is 0.375. The van der Waals surface area contributed by atoms with Crippen molar-refractivity contribution >= 4 is 5.97 Å². The first-order valence-electron chi connectivity index (χ1n) is 6.76. The molecule has 106 valence electrons. The molecule has 0 amide bonds. The van der Waals surface area contributed by atoms with E-state index in [1.165, 1.54) is 18.0 Å². The van der Waals surface area contributed by atoms with Crippen LogP contribution < -0.4 is 0 Å². The highest BCUT2D eigenvalue weighted by atomic mass is 16.4. The van der Waals surface area contributed by atoms with E-state index in [2.05, 4.69) is 31.0 Å². The van der Waals surface area contributed by atoms with Crippen LogP contribution in [-0.4, -0.2) is 16.1 Å². The minimum absolute atomic E-state index is 0.213. The van der Waals surface area contributed by atoms with Gasteiger partial charge in [0.1, 0.15) is 12.2 Å². The molecule has 1 aromatic heterocycles. The van der Waals surface area contributed by atoms with E-state index in [0.29, 0.717) is 6.42 Å². The number of aromatic nitrogens is 1. The zero-order valence-electron chi connectivity index (χ0n) is 11.7. The summed E-state index contributed by atoms with van der Waals surface area (Å²) in [6.07, 6.45) is 3.40. The lowest BCUT2D eigenvalue weighted by atomic mass is 9.83. The Morgan fingerprint density at radius 3 is 2.55 bits per heavy atom. The Morgan fingerprint density at radius 1 is 1.30 bits per heavy atom. The van der Waals surface area contributed by atoms with Crippen LogP contribution in [0.5, 0.6) is 0 Å². The topological polar surface area (TPSA) is 63.3 Å². The number of aliphatic carboxylic acids is 1. The second kappa shape index (κ2) is 6.37. The monoisotopic (exact) mass is 273 g/mol. The van der Waals surface area contributed by atoms with E-state index in [1.54, 1.807) is 0 Å². The molecule has 2 aromatic rings. The average molecular weight is 273 g/mol. The number of hydrogen-bond acceptors (Lipinski definition) is 3. The van der Waals surface area contributed by atoms with Crippen molar-refractivity contribution in [3.05, 3.63) is 54.2 Å². The first-order valence-corrected chi connectivity index (χ1v) is 6.76. The summed E-state index contributed by atoms with van der Waals surface area (Å²) < 4.78 is 5.15. The molecule has 2 rings (SSSR count). The second-order valence-electron chi connectivity index (χ2n) is 5.17. The van der Waals surface area contributed by atoms with Crippen LogP contribution in [0.2, 0.25) is 0 Å². The third kappa shape index (κ3) is 3.26. The van der Waals surface area contributed by atoms with Gasteiger partial charge in [-0.3, -0.25) is 4.79 Å². The van der Waals surface area contributed by atoms with Gasteiger partial charge in [-0.25, -0.2) is 4.98 Å². The Bertz CT molecular complexity index is 536. The lowest BCUT2D eigenvalue weighted by Crippen LogP contribution is -2.18. The van der Waals surface area contributed by atoms with Crippen LogP contribution in [0.3, 0.4) is 0 Å². The zero-order chi connectivity index (χ0) is 14.5. The highest BCUT2D eigenvalue weighted by Crippen LogP contribution is 2.32. The van der Waals surface area contributed by atoms with Gasteiger partial charge in [0.15, 0.2) is 0 Å². The van der Waals surface area contributed by atoms with Crippen molar-refractivity contribution in [1.82, 2.24) is 4.98 Å². The van der Waals surface area contributed by atoms with Crippen LogP contribution >= 0.6 is 0 Å². The standard InChI is InChI=1S/C16H19NO3/c1-11(12(2)13-6-4-3-5-7-13)10-14(16(18)19)15-17-8-9-20-15/h3-9,11-12,14H,10H2,1-2H3,(H,18,19). The molecule has 0 bridgehead atoms. The van der Waals surface area contributed by atoms with Crippen LogP contribution in [-0.2, 0) is 4.79 Å². The highest BCUT2D eigenvalue weighted by Gasteiger charge is 2.28. The Balaban J connectivity index is 2.09. The van der Waals surface area contributed by atoms with Crippen molar-refractivity contribution in [3.63, 3.8) is 0 Å². The van der Waals surface area contributed by atoms with E-state index in [4.69, 9.17) is 4.42 Å². The molecule has 0 aliphatic carbocycles. The molecule has 1 heterocycles.